The van der Waals surface area contributed by atoms with Crippen molar-refractivity contribution < 1.29 is 19.2 Å². The minimum atomic E-state index is -0.564. The van der Waals surface area contributed by atoms with E-state index in [0.717, 1.165) is 0 Å². The Morgan fingerprint density at radius 3 is 3.15 bits per heavy atom. The first kappa shape index (κ1) is 10.3. The van der Waals surface area contributed by atoms with Crippen molar-refractivity contribution in [2.24, 2.45) is 0 Å². The normalized spacial score (nSPS) is 24.2. The third-order valence-corrected chi connectivity index (χ3v) is 1.82. The molecule has 1 saturated heterocycles. The number of ketones is 1. The lowest BCUT2D eigenvalue weighted by Gasteiger charge is -2.31. The van der Waals surface area contributed by atoms with Crippen molar-refractivity contribution in [2.75, 3.05) is 26.4 Å². The average Bonchev–Trinajstić information content (AvgIpc) is 2.18. The maximum atomic E-state index is 11.1. The number of morpholine rings is 1. The van der Waals surface area contributed by atoms with E-state index in [0.29, 0.717) is 26.0 Å². The fourth-order valence-corrected chi connectivity index (χ4v) is 1.21. The Morgan fingerprint density at radius 1 is 1.77 bits per heavy atom. The molecule has 0 N–H and O–H groups in total. The molecule has 0 bridgehead atoms. The number of Topliss-reactive ketones (excluding diaryl/α,β-unsaturated/α-hetero) is 1. The molecule has 0 aliphatic carbocycles. The Labute approximate surface area is 76.6 Å². The molecule has 1 rings (SSSR count). The lowest BCUT2D eigenvalue weighted by molar-refractivity contribution is -0.218. The number of ether oxygens (including phenoxy) is 1. The van der Waals surface area contributed by atoms with Crippen LogP contribution in [0.3, 0.4) is 0 Å². The van der Waals surface area contributed by atoms with Crippen LogP contribution in [0, 0.1) is 0 Å². The van der Waals surface area contributed by atoms with Crippen LogP contribution >= 0.6 is 0 Å². The molecule has 5 heteroatoms. The number of hydrogen-bond acceptors (Lipinski definition) is 5. The smallest absolute Gasteiger partial charge is 0.216 e. The largest absolute Gasteiger partial charge is 0.378 e. The Balaban J connectivity index is 2.55. The van der Waals surface area contributed by atoms with E-state index in [4.69, 9.17) is 9.57 Å². The molecule has 0 aromatic rings. The zero-order chi connectivity index (χ0) is 9.68. The van der Waals surface area contributed by atoms with Gasteiger partial charge in [0.1, 0.15) is 6.04 Å². The Hall–Kier alpha value is -0.780. The van der Waals surface area contributed by atoms with Crippen LogP contribution in [0.4, 0.5) is 0 Å². The van der Waals surface area contributed by atoms with E-state index < -0.39 is 11.8 Å². The molecule has 13 heavy (non-hydrogen) atoms. The summed E-state index contributed by atoms with van der Waals surface area (Å²) in [6, 6.07) is -0.564. The van der Waals surface area contributed by atoms with Crippen molar-refractivity contribution in [3.8, 4) is 0 Å². The lowest BCUT2D eigenvalue weighted by Crippen LogP contribution is -2.50. The summed E-state index contributed by atoms with van der Waals surface area (Å²) < 4.78 is 5.08. The molecule has 0 saturated carbocycles. The number of carbonyl (C=O) groups is 2. The molecular weight excluding hydrogens is 174 g/mol. The third kappa shape index (κ3) is 2.58. The summed E-state index contributed by atoms with van der Waals surface area (Å²) in [6.45, 7) is 3.61. The second-order valence-electron chi connectivity index (χ2n) is 2.67. The molecular formula is C8H13NO4. The van der Waals surface area contributed by atoms with Gasteiger partial charge in [-0.3, -0.25) is 14.4 Å². The quantitative estimate of drug-likeness (QED) is 0.435. The minimum absolute atomic E-state index is 0.234. The van der Waals surface area contributed by atoms with E-state index >= 15 is 0 Å². The van der Waals surface area contributed by atoms with Crippen LogP contribution < -0.4 is 0 Å². The summed E-state index contributed by atoms with van der Waals surface area (Å²) in [7, 11) is 0. The van der Waals surface area contributed by atoms with E-state index in [1.54, 1.807) is 0 Å². The van der Waals surface area contributed by atoms with Gasteiger partial charge in [-0.2, -0.15) is 5.06 Å². The van der Waals surface area contributed by atoms with Crippen LogP contribution in [-0.2, 0) is 19.2 Å². The van der Waals surface area contributed by atoms with Crippen molar-refractivity contribution in [3.05, 3.63) is 0 Å². The second kappa shape index (κ2) is 5.06. The molecule has 0 amide bonds. The molecule has 5 nitrogen and oxygen atoms in total. The van der Waals surface area contributed by atoms with E-state index in [-0.39, 0.29) is 6.61 Å². The van der Waals surface area contributed by atoms with E-state index in [2.05, 4.69) is 0 Å². The SMILES string of the molecule is CCON1CCOCC1C(=O)C=O. The van der Waals surface area contributed by atoms with Crippen molar-refractivity contribution in [3.63, 3.8) is 0 Å². The van der Waals surface area contributed by atoms with E-state index in [9.17, 15) is 9.59 Å². The van der Waals surface area contributed by atoms with Gasteiger partial charge in [0.2, 0.25) is 5.78 Å². The molecule has 1 aliphatic heterocycles. The molecule has 1 fully saturated rings. The van der Waals surface area contributed by atoms with Gasteiger partial charge >= 0.3 is 0 Å². The number of hydroxylamine groups is 2. The van der Waals surface area contributed by atoms with Crippen molar-refractivity contribution in [1.29, 1.82) is 0 Å². The topological polar surface area (TPSA) is 55.8 Å². The van der Waals surface area contributed by atoms with Gasteiger partial charge < -0.3 is 4.74 Å². The summed E-state index contributed by atoms with van der Waals surface area (Å²) in [5, 5.41) is 1.51. The molecule has 74 valence electrons. The predicted octanol–water partition coefficient (Wildman–Crippen LogP) is -0.593. The average molecular weight is 187 g/mol. The summed E-state index contributed by atoms with van der Waals surface area (Å²) in [4.78, 5) is 26.5. The standard InChI is InChI=1S/C8H13NO4/c1-2-13-9-3-4-12-6-7(9)8(11)5-10/h5,7H,2-4,6H2,1H3. The highest BCUT2D eigenvalue weighted by atomic mass is 16.7. The van der Waals surface area contributed by atoms with Gasteiger partial charge in [-0.25, -0.2) is 0 Å². The first-order chi connectivity index (χ1) is 6.29. The summed E-state index contributed by atoms with van der Waals surface area (Å²) >= 11 is 0. The summed E-state index contributed by atoms with van der Waals surface area (Å²) in [5.41, 5.74) is 0. The zero-order valence-electron chi connectivity index (χ0n) is 7.56. The van der Waals surface area contributed by atoms with Crippen LogP contribution in [-0.4, -0.2) is 49.5 Å². The Morgan fingerprint density at radius 2 is 2.54 bits per heavy atom. The first-order valence-electron chi connectivity index (χ1n) is 4.26. The lowest BCUT2D eigenvalue weighted by atomic mass is 10.2. The summed E-state index contributed by atoms with van der Waals surface area (Å²) in [6.07, 6.45) is 0.311. The zero-order valence-corrected chi connectivity index (χ0v) is 7.56. The monoisotopic (exact) mass is 187 g/mol. The minimum Gasteiger partial charge on any atom is -0.378 e. The van der Waals surface area contributed by atoms with Crippen molar-refractivity contribution >= 4 is 12.1 Å². The van der Waals surface area contributed by atoms with Crippen molar-refractivity contribution in [2.45, 2.75) is 13.0 Å². The van der Waals surface area contributed by atoms with Gasteiger partial charge in [0.25, 0.3) is 0 Å². The maximum Gasteiger partial charge on any atom is 0.216 e. The van der Waals surface area contributed by atoms with E-state index in [1.807, 2.05) is 6.92 Å². The number of hydrogen-bond donors (Lipinski definition) is 0. The number of nitrogens with zero attached hydrogens (tertiary/aromatic N) is 1. The molecule has 1 heterocycles. The molecule has 0 aromatic heterocycles. The number of aldehydes is 1. The summed E-state index contributed by atoms with van der Waals surface area (Å²) in [5.74, 6) is -0.492. The maximum absolute atomic E-state index is 11.1. The van der Waals surface area contributed by atoms with E-state index in [1.165, 1.54) is 5.06 Å². The van der Waals surface area contributed by atoms with Crippen molar-refractivity contribution in [1.82, 2.24) is 5.06 Å². The fraction of sp³-hybridized carbons (Fsp3) is 0.750. The van der Waals surface area contributed by atoms with Crippen LogP contribution in [0.15, 0.2) is 0 Å². The number of carbonyl (C=O) groups excluding carboxylic acids is 2. The molecule has 0 spiro atoms. The highest BCUT2D eigenvalue weighted by Gasteiger charge is 2.29. The highest BCUT2D eigenvalue weighted by molar-refractivity contribution is 6.27. The van der Waals surface area contributed by atoms with Crippen LogP contribution in [0.5, 0.6) is 0 Å². The van der Waals surface area contributed by atoms with Gasteiger partial charge in [-0.1, -0.05) is 0 Å². The first-order valence-corrected chi connectivity index (χ1v) is 4.26. The molecule has 1 atom stereocenters. The van der Waals surface area contributed by atoms with Gasteiger partial charge in [0.15, 0.2) is 6.29 Å². The molecule has 0 aromatic carbocycles. The predicted molar refractivity (Wildman–Crippen MR) is 44.0 cm³/mol. The van der Waals surface area contributed by atoms with Gasteiger partial charge in [0, 0.05) is 6.54 Å². The Kier molecular flexibility index (Phi) is 4.01. The second-order valence-corrected chi connectivity index (χ2v) is 2.67. The van der Waals surface area contributed by atoms with Gasteiger partial charge in [-0.15, -0.1) is 0 Å². The van der Waals surface area contributed by atoms with Crippen LogP contribution in [0.25, 0.3) is 0 Å². The highest BCUT2D eigenvalue weighted by Crippen LogP contribution is 2.07. The molecule has 1 unspecified atom stereocenters. The van der Waals surface area contributed by atoms with Gasteiger partial charge in [-0.05, 0) is 6.92 Å². The third-order valence-electron chi connectivity index (χ3n) is 1.82. The Bertz CT molecular complexity index is 193. The molecule has 1 aliphatic rings. The van der Waals surface area contributed by atoms with Gasteiger partial charge in [0.05, 0.1) is 19.8 Å². The van der Waals surface area contributed by atoms with Crippen LogP contribution in [0.1, 0.15) is 6.92 Å². The molecule has 0 radical (unpaired) electrons. The van der Waals surface area contributed by atoms with Crippen LogP contribution in [0.2, 0.25) is 0 Å². The number of rotatable bonds is 4. The fourth-order valence-electron chi connectivity index (χ4n) is 1.21.